The minimum atomic E-state index is -1.14. The number of amides is 2. The molecule has 10 nitrogen and oxygen atoms in total. The average Bonchev–Trinajstić information content (AvgIpc) is 2.65. The van der Waals surface area contributed by atoms with E-state index in [-0.39, 0.29) is 32.7 Å². The predicted octanol–water partition coefficient (Wildman–Crippen LogP) is -0.248. The maximum atomic E-state index is 12.3. The van der Waals surface area contributed by atoms with Gasteiger partial charge in [-0.25, -0.2) is 0 Å². The zero-order chi connectivity index (χ0) is 22.5. The number of hydrogen-bond donors (Lipinski definition) is 4. The number of carboxylic acid groups (broad SMARTS) is 2. The summed E-state index contributed by atoms with van der Waals surface area (Å²) in [5.74, 6) is -0.882. The van der Waals surface area contributed by atoms with Crippen LogP contribution in [0.1, 0.15) is 0 Å². The normalized spacial score (nSPS) is 10.5. The van der Waals surface area contributed by atoms with Gasteiger partial charge in [-0.1, -0.05) is 5.92 Å². The number of aliphatic carboxylic acids is 2. The molecule has 30 heavy (non-hydrogen) atoms. The first-order chi connectivity index (χ1) is 14.2. The van der Waals surface area contributed by atoms with E-state index in [1.807, 2.05) is 12.1 Å². The molecule has 0 saturated carbocycles. The van der Waals surface area contributed by atoms with Crippen LogP contribution in [0.25, 0.3) is 0 Å². The van der Waals surface area contributed by atoms with Gasteiger partial charge in [0, 0.05) is 22.3 Å². The molecule has 1 aromatic rings. The standard InChI is InChI=1S/C19H23IN4O6/c1-2-7-21-16(25)10-23(12-18(27)28)8-9-24(13-19(29)30)11-17(26)22-15-5-3-14(20)4-6-15/h1,3-6H,7-13H2,(H,21,25)(H,22,26)(H,27,28)(H,29,30). The van der Waals surface area contributed by atoms with E-state index in [0.717, 1.165) is 3.57 Å². The Bertz CT molecular complexity index is 793. The molecule has 0 radical (unpaired) electrons. The topological polar surface area (TPSA) is 139 Å². The fourth-order valence-corrected chi connectivity index (χ4v) is 2.80. The molecular formula is C19H23IN4O6. The number of anilines is 1. The van der Waals surface area contributed by atoms with Gasteiger partial charge in [0.15, 0.2) is 0 Å². The number of terminal acetylenes is 1. The number of carbonyl (C=O) groups excluding carboxylic acids is 2. The minimum Gasteiger partial charge on any atom is -0.480 e. The monoisotopic (exact) mass is 530 g/mol. The lowest BCUT2D eigenvalue weighted by Gasteiger charge is -2.25. The van der Waals surface area contributed by atoms with Gasteiger partial charge in [0.25, 0.3) is 0 Å². The van der Waals surface area contributed by atoms with Crippen molar-refractivity contribution in [2.24, 2.45) is 0 Å². The Balaban J connectivity index is 2.68. The van der Waals surface area contributed by atoms with Crippen LogP contribution >= 0.6 is 22.6 Å². The van der Waals surface area contributed by atoms with Crippen molar-refractivity contribution in [3.05, 3.63) is 27.8 Å². The number of carboxylic acids is 2. The van der Waals surface area contributed by atoms with Gasteiger partial charge in [0.2, 0.25) is 11.8 Å². The second-order valence-corrected chi connectivity index (χ2v) is 7.49. The van der Waals surface area contributed by atoms with Gasteiger partial charge < -0.3 is 20.8 Å². The van der Waals surface area contributed by atoms with E-state index in [1.165, 1.54) is 9.80 Å². The first-order valence-corrected chi connectivity index (χ1v) is 9.91. The summed E-state index contributed by atoms with van der Waals surface area (Å²) in [7, 11) is 0. The van der Waals surface area contributed by atoms with Crippen LogP contribution in [0.5, 0.6) is 0 Å². The maximum Gasteiger partial charge on any atom is 0.317 e. The fraction of sp³-hybridized carbons (Fsp3) is 0.368. The highest BCUT2D eigenvalue weighted by Gasteiger charge is 2.18. The summed E-state index contributed by atoms with van der Waals surface area (Å²) >= 11 is 2.13. The van der Waals surface area contributed by atoms with Crippen LogP contribution in [0.3, 0.4) is 0 Å². The van der Waals surface area contributed by atoms with E-state index >= 15 is 0 Å². The molecule has 0 spiro atoms. The first-order valence-electron chi connectivity index (χ1n) is 8.83. The Hall–Kier alpha value is -2.69. The summed E-state index contributed by atoms with van der Waals surface area (Å²) in [4.78, 5) is 49.0. The van der Waals surface area contributed by atoms with E-state index in [2.05, 4.69) is 39.1 Å². The molecular weight excluding hydrogens is 507 g/mol. The summed E-state index contributed by atoms with van der Waals surface area (Å²) < 4.78 is 1.00. The second kappa shape index (κ2) is 13.5. The Morgan fingerprint density at radius 3 is 1.87 bits per heavy atom. The lowest BCUT2D eigenvalue weighted by atomic mass is 10.3. The highest BCUT2D eigenvalue weighted by Crippen LogP contribution is 2.11. The van der Waals surface area contributed by atoms with Crippen molar-refractivity contribution in [1.82, 2.24) is 15.1 Å². The average molecular weight is 530 g/mol. The Morgan fingerprint density at radius 2 is 1.40 bits per heavy atom. The highest BCUT2D eigenvalue weighted by molar-refractivity contribution is 14.1. The molecule has 2 amide bonds. The first kappa shape index (κ1) is 25.3. The Morgan fingerprint density at radius 1 is 0.900 bits per heavy atom. The number of nitrogens with zero attached hydrogens (tertiary/aromatic N) is 2. The third kappa shape index (κ3) is 11.3. The van der Waals surface area contributed by atoms with Gasteiger partial charge in [-0.3, -0.25) is 29.0 Å². The lowest BCUT2D eigenvalue weighted by molar-refractivity contribution is -0.141. The van der Waals surface area contributed by atoms with Gasteiger partial charge in [0.05, 0.1) is 32.7 Å². The van der Waals surface area contributed by atoms with Crippen LogP contribution < -0.4 is 10.6 Å². The van der Waals surface area contributed by atoms with E-state index < -0.39 is 36.8 Å². The molecule has 0 unspecified atom stereocenters. The summed E-state index contributed by atoms with van der Waals surface area (Å²) in [5, 5.41) is 23.3. The molecule has 4 N–H and O–H groups in total. The van der Waals surface area contributed by atoms with Crippen LogP contribution in [0.2, 0.25) is 0 Å². The Labute approximate surface area is 187 Å². The van der Waals surface area contributed by atoms with E-state index in [4.69, 9.17) is 16.6 Å². The summed E-state index contributed by atoms with van der Waals surface area (Å²) in [6, 6.07) is 7.09. The molecule has 1 rings (SSSR count). The quantitative estimate of drug-likeness (QED) is 0.202. The number of benzene rings is 1. The van der Waals surface area contributed by atoms with Crippen LogP contribution in [0, 0.1) is 15.9 Å². The summed E-state index contributed by atoms with van der Waals surface area (Å²) in [6.45, 7) is -1.10. The molecule has 0 heterocycles. The number of carbonyl (C=O) groups is 4. The molecule has 0 aliphatic heterocycles. The zero-order valence-corrected chi connectivity index (χ0v) is 18.3. The van der Waals surface area contributed by atoms with Crippen molar-refractivity contribution >= 4 is 52.0 Å². The van der Waals surface area contributed by atoms with E-state index in [9.17, 15) is 19.2 Å². The van der Waals surface area contributed by atoms with Gasteiger partial charge in [0.1, 0.15) is 0 Å². The highest BCUT2D eigenvalue weighted by atomic mass is 127. The molecule has 0 bridgehead atoms. The number of halogens is 1. The summed E-state index contributed by atoms with van der Waals surface area (Å²) in [5.41, 5.74) is 0.577. The number of hydrogen-bond acceptors (Lipinski definition) is 6. The van der Waals surface area contributed by atoms with Crippen molar-refractivity contribution in [2.75, 3.05) is 51.1 Å². The lowest BCUT2D eigenvalue weighted by Crippen LogP contribution is -2.45. The van der Waals surface area contributed by atoms with E-state index in [0.29, 0.717) is 5.69 Å². The SMILES string of the molecule is C#CCNC(=O)CN(CCN(CC(=O)O)CC(=O)Nc1ccc(I)cc1)CC(=O)O. The van der Waals surface area contributed by atoms with Crippen molar-refractivity contribution in [3.8, 4) is 12.3 Å². The maximum absolute atomic E-state index is 12.3. The molecule has 1 aromatic carbocycles. The van der Waals surface area contributed by atoms with Crippen molar-refractivity contribution in [2.45, 2.75) is 0 Å². The van der Waals surface area contributed by atoms with Gasteiger partial charge in [-0.15, -0.1) is 6.42 Å². The third-order valence-electron chi connectivity index (χ3n) is 3.70. The zero-order valence-electron chi connectivity index (χ0n) is 16.1. The molecule has 0 aromatic heterocycles. The van der Waals surface area contributed by atoms with Gasteiger partial charge in [-0.05, 0) is 46.9 Å². The van der Waals surface area contributed by atoms with Crippen LogP contribution in [0.4, 0.5) is 5.69 Å². The van der Waals surface area contributed by atoms with Crippen molar-refractivity contribution < 1.29 is 29.4 Å². The second-order valence-electron chi connectivity index (χ2n) is 6.24. The van der Waals surface area contributed by atoms with Gasteiger partial charge in [-0.2, -0.15) is 0 Å². The molecule has 0 fully saturated rings. The molecule has 0 aliphatic rings. The van der Waals surface area contributed by atoms with Crippen molar-refractivity contribution in [3.63, 3.8) is 0 Å². The number of rotatable bonds is 13. The molecule has 0 saturated heterocycles. The Kier molecular flexibility index (Phi) is 11.4. The largest absolute Gasteiger partial charge is 0.480 e. The summed E-state index contributed by atoms with van der Waals surface area (Å²) in [6.07, 6.45) is 5.07. The van der Waals surface area contributed by atoms with Gasteiger partial charge >= 0.3 is 11.9 Å². The van der Waals surface area contributed by atoms with E-state index in [1.54, 1.807) is 12.1 Å². The van der Waals surface area contributed by atoms with Crippen molar-refractivity contribution in [1.29, 1.82) is 0 Å². The number of nitrogens with one attached hydrogen (secondary N) is 2. The smallest absolute Gasteiger partial charge is 0.317 e. The third-order valence-corrected chi connectivity index (χ3v) is 4.42. The molecule has 11 heteroatoms. The van der Waals surface area contributed by atoms with Crippen LogP contribution in [-0.4, -0.2) is 89.6 Å². The molecule has 162 valence electrons. The molecule has 0 aliphatic carbocycles. The molecule has 0 atom stereocenters. The predicted molar refractivity (Wildman–Crippen MR) is 118 cm³/mol. The van der Waals surface area contributed by atoms with Crippen LogP contribution in [-0.2, 0) is 19.2 Å². The fourth-order valence-electron chi connectivity index (χ4n) is 2.44. The minimum absolute atomic E-state index is 0.0175. The van der Waals surface area contributed by atoms with Crippen LogP contribution in [0.15, 0.2) is 24.3 Å².